The standard InChI is InChI=1S/C23H30N2O4/c1-16(2)24-23(27)18(4)25(14-19-12-10-17(3)11-13-19)22(26)15-29-21-9-7-6-8-20(21)28-5/h6-13,16,18H,14-15H2,1-5H3,(H,24,27). The van der Waals surface area contributed by atoms with E-state index in [2.05, 4.69) is 5.32 Å². The third-order valence-electron chi connectivity index (χ3n) is 4.49. The summed E-state index contributed by atoms with van der Waals surface area (Å²) in [7, 11) is 1.55. The summed E-state index contributed by atoms with van der Waals surface area (Å²) >= 11 is 0. The van der Waals surface area contributed by atoms with Crippen molar-refractivity contribution in [3.05, 3.63) is 59.7 Å². The zero-order valence-corrected chi connectivity index (χ0v) is 17.8. The van der Waals surface area contributed by atoms with Crippen molar-refractivity contribution in [1.82, 2.24) is 10.2 Å². The minimum atomic E-state index is -0.632. The highest BCUT2D eigenvalue weighted by molar-refractivity contribution is 5.88. The molecule has 0 bridgehead atoms. The molecule has 2 rings (SSSR count). The molecule has 0 aliphatic carbocycles. The number of benzene rings is 2. The van der Waals surface area contributed by atoms with Gasteiger partial charge in [0.1, 0.15) is 6.04 Å². The molecule has 29 heavy (non-hydrogen) atoms. The molecule has 0 heterocycles. The lowest BCUT2D eigenvalue weighted by atomic mass is 10.1. The summed E-state index contributed by atoms with van der Waals surface area (Å²) in [4.78, 5) is 27.1. The van der Waals surface area contributed by atoms with Crippen molar-refractivity contribution < 1.29 is 19.1 Å². The second-order valence-corrected chi connectivity index (χ2v) is 7.29. The van der Waals surface area contributed by atoms with Crippen molar-refractivity contribution in [2.24, 2.45) is 0 Å². The Balaban J connectivity index is 2.16. The minimum Gasteiger partial charge on any atom is -0.493 e. The largest absolute Gasteiger partial charge is 0.493 e. The molecule has 0 aliphatic heterocycles. The van der Waals surface area contributed by atoms with Crippen LogP contribution in [0.4, 0.5) is 0 Å². The first kappa shape index (κ1) is 22.3. The quantitative estimate of drug-likeness (QED) is 0.704. The summed E-state index contributed by atoms with van der Waals surface area (Å²) in [5, 5.41) is 2.87. The zero-order chi connectivity index (χ0) is 21.4. The Morgan fingerprint density at radius 3 is 2.21 bits per heavy atom. The number of para-hydroxylation sites is 2. The van der Waals surface area contributed by atoms with E-state index in [1.807, 2.05) is 57.2 Å². The van der Waals surface area contributed by atoms with Gasteiger partial charge in [0, 0.05) is 12.6 Å². The average molecular weight is 399 g/mol. The van der Waals surface area contributed by atoms with Gasteiger partial charge in [-0.3, -0.25) is 9.59 Å². The van der Waals surface area contributed by atoms with E-state index in [-0.39, 0.29) is 24.5 Å². The maximum absolute atomic E-state index is 13.0. The molecular formula is C23H30N2O4. The lowest BCUT2D eigenvalue weighted by Gasteiger charge is -2.29. The van der Waals surface area contributed by atoms with E-state index < -0.39 is 6.04 Å². The molecule has 6 heteroatoms. The average Bonchev–Trinajstić information content (AvgIpc) is 2.70. The summed E-state index contributed by atoms with van der Waals surface area (Å²) in [5.41, 5.74) is 2.09. The number of ether oxygens (including phenoxy) is 2. The molecule has 0 aliphatic rings. The van der Waals surface area contributed by atoms with Gasteiger partial charge in [0.25, 0.3) is 5.91 Å². The maximum atomic E-state index is 13.0. The Morgan fingerprint density at radius 1 is 1.00 bits per heavy atom. The summed E-state index contributed by atoms with van der Waals surface area (Å²) in [6.07, 6.45) is 0. The number of hydrogen-bond acceptors (Lipinski definition) is 4. The summed E-state index contributed by atoms with van der Waals surface area (Å²) < 4.78 is 11.0. The second kappa shape index (κ2) is 10.5. The predicted molar refractivity (Wildman–Crippen MR) is 113 cm³/mol. The number of hydrogen-bond donors (Lipinski definition) is 1. The van der Waals surface area contributed by atoms with Crippen LogP contribution in [-0.4, -0.2) is 42.5 Å². The van der Waals surface area contributed by atoms with Crippen LogP contribution < -0.4 is 14.8 Å². The summed E-state index contributed by atoms with van der Waals surface area (Å²) in [6, 6.07) is 14.4. The smallest absolute Gasteiger partial charge is 0.261 e. The molecular weight excluding hydrogens is 368 g/mol. The third-order valence-corrected chi connectivity index (χ3v) is 4.49. The summed E-state index contributed by atoms with van der Waals surface area (Å²) in [6.45, 7) is 7.65. The Labute approximate surface area is 172 Å². The number of amides is 2. The maximum Gasteiger partial charge on any atom is 0.261 e. The highest BCUT2D eigenvalue weighted by Crippen LogP contribution is 2.25. The van der Waals surface area contributed by atoms with Gasteiger partial charge in [-0.15, -0.1) is 0 Å². The molecule has 2 aromatic carbocycles. The lowest BCUT2D eigenvalue weighted by molar-refractivity contribution is -0.142. The first-order valence-corrected chi connectivity index (χ1v) is 9.73. The Morgan fingerprint density at radius 2 is 1.62 bits per heavy atom. The van der Waals surface area contributed by atoms with Gasteiger partial charge in [0.15, 0.2) is 18.1 Å². The van der Waals surface area contributed by atoms with E-state index in [0.29, 0.717) is 18.0 Å². The normalized spacial score (nSPS) is 11.7. The molecule has 0 aromatic heterocycles. The van der Waals surface area contributed by atoms with Crippen molar-refractivity contribution in [2.45, 2.75) is 46.3 Å². The van der Waals surface area contributed by atoms with Gasteiger partial charge in [-0.25, -0.2) is 0 Å². The molecule has 0 spiro atoms. The van der Waals surface area contributed by atoms with Crippen molar-refractivity contribution in [3.8, 4) is 11.5 Å². The van der Waals surface area contributed by atoms with Crippen LogP contribution in [0.1, 0.15) is 31.9 Å². The van der Waals surface area contributed by atoms with Gasteiger partial charge in [-0.2, -0.15) is 0 Å². The van der Waals surface area contributed by atoms with Crippen LogP contribution in [0.15, 0.2) is 48.5 Å². The molecule has 1 unspecified atom stereocenters. The van der Waals surface area contributed by atoms with Crippen molar-refractivity contribution >= 4 is 11.8 Å². The first-order chi connectivity index (χ1) is 13.8. The van der Waals surface area contributed by atoms with E-state index >= 15 is 0 Å². The number of nitrogens with one attached hydrogen (secondary N) is 1. The molecule has 0 fully saturated rings. The molecule has 1 N–H and O–H groups in total. The Bertz CT molecular complexity index is 818. The highest BCUT2D eigenvalue weighted by Gasteiger charge is 2.27. The van der Waals surface area contributed by atoms with Gasteiger partial charge >= 0.3 is 0 Å². The first-order valence-electron chi connectivity index (χ1n) is 9.73. The molecule has 6 nitrogen and oxygen atoms in total. The molecule has 0 saturated carbocycles. The lowest BCUT2D eigenvalue weighted by Crippen LogP contribution is -2.50. The van der Waals surface area contributed by atoms with Gasteiger partial charge in [0.2, 0.25) is 5.91 Å². The van der Waals surface area contributed by atoms with Crippen LogP contribution in [0.5, 0.6) is 11.5 Å². The highest BCUT2D eigenvalue weighted by atomic mass is 16.5. The number of carbonyl (C=O) groups excluding carboxylic acids is 2. The topological polar surface area (TPSA) is 67.9 Å². The van der Waals surface area contributed by atoms with E-state index in [1.165, 1.54) is 4.90 Å². The molecule has 1 atom stereocenters. The van der Waals surface area contributed by atoms with Gasteiger partial charge in [-0.1, -0.05) is 42.0 Å². The van der Waals surface area contributed by atoms with Crippen LogP contribution in [0.3, 0.4) is 0 Å². The fourth-order valence-corrected chi connectivity index (χ4v) is 2.84. The number of methoxy groups -OCH3 is 1. The molecule has 0 saturated heterocycles. The fraction of sp³-hybridized carbons (Fsp3) is 0.391. The van der Waals surface area contributed by atoms with Crippen LogP contribution in [0.25, 0.3) is 0 Å². The van der Waals surface area contributed by atoms with Crippen LogP contribution in [-0.2, 0) is 16.1 Å². The minimum absolute atomic E-state index is 0.00823. The van der Waals surface area contributed by atoms with E-state index in [4.69, 9.17) is 9.47 Å². The Hall–Kier alpha value is -3.02. The SMILES string of the molecule is COc1ccccc1OCC(=O)N(Cc1ccc(C)cc1)C(C)C(=O)NC(C)C. The molecule has 2 aromatic rings. The molecule has 2 amide bonds. The Kier molecular flexibility index (Phi) is 8.07. The van der Waals surface area contributed by atoms with E-state index in [0.717, 1.165) is 11.1 Å². The number of carbonyl (C=O) groups is 2. The number of aryl methyl sites for hydroxylation is 1. The van der Waals surface area contributed by atoms with Gasteiger partial charge in [0.05, 0.1) is 7.11 Å². The van der Waals surface area contributed by atoms with Crippen molar-refractivity contribution in [1.29, 1.82) is 0 Å². The van der Waals surface area contributed by atoms with E-state index in [1.54, 1.807) is 26.2 Å². The van der Waals surface area contributed by atoms with Gasteiger partial charge < -0.3 is 19.7 Å². The van der Waals surface area contributed by atoms with Crippen LogP contribution >= 0.6 is 0 Å². The molecule has 0 radical (unpaired) electrons. The van der Waals surface area contributed by atoms with Crippen LogP contribution in [0, 0.1) is 6.92 Å². The number of rotatable bonds is 9. The van der Waals surface area contributed by atoms with Crippen molar-refractivity contribution in [3.63, 3.8) is 0 Å². The number of nitrogens with zero attached hydrogens (tertiary/aromatic N) is 1. The zero-order valence-electron chi connectivity index (χ0n) is 17.8. The van der Waals surface area contributed by atoms with Crippen LogP contribution in [0.2, 0.25) is 0 Å². The summed E-state index contributed by atoms with van der Waals surface area (Å²) in [5.74, 6) is 0.564. The predicted octanol–water partition coefficient (Wildman–Crippen LogP) is 3.32. The molecule has 156 valence electrons. The van der Waals surface area contributed by atoms with Gasteiger partial charge in [-0.05, 0) is 45.4 Å². The van der Waals surface area contributed by atoms with E-state index in [9.17, 15) is 9.59 Å². The monoisotopic (exact) mass is 398 g/mol. The second-order valence-electron chi connectivity index (χ2n) is 7.29. The third kappa shape index (κ3) is 6.52. The van der Waals surface area contributed by atoms with Crippen molar-refractivity contribution in [2.75, 3.05) is 13.7 Å². The fourth-order valence-electron chi connectivity index (χ4n) is 2.84.